The predicted molar refractivity (Wildman–Crippen MR) is 114 cm³/mol. The van der Waals surface area contributed by atoms with Gasteiger partial charge in [-0.3, -0.25) is 0 Å². The SMILES string of the molecule is O=C1N(Cc2ccccc2)N(Cc2ccccc2)C(=O)N2C3C=CC(C=C3CCl)N12. The van der Waals surface area contributed by atoms with Crippen molar-refractivity contribution in [3.8, 4) is 0 Å². The number of rotatable bonds is 5. The average Bonchev–Trinajstić information content (AvgIpc) is 2.80. The fourth-order valence-corrected chi connectivity index (χ4v) is 4.45. The number of benzene rings is 2. The summed E-state index contributed by atoms with van der Waals surface area (Å²) in [5, 5.41) is 6.19. The second-order valence-corrected chi connectivity index (χ2v) is 7.80. The van der Waals surface area contributed by atoms with Gasteiger partial charge in [0, 0.05) is 5.88 Å². The number of carbonyl (C=O) groups excluding carboxylic acids is 2. The van der Waals surface area contributed by atoms with Crippen molar-refractivity contribution in [3.63, 3.8) is 0 Å². The predicted octanol–water partition coefficient (Wildman–Crippen LogP) is 4.16. The summed E-state index contributed by atoms with van der Waals surface area (Å²) in [5.41, 5.74) is 2.86. The Balaban J connectivity index is 1.54. The lowest BCUT2D eigenvalue weighted by Crippen LogP contribution is -2.74. The Kier molecular flexibility index (Phi) is 4.71. The van der Waals surface area contributed by atoms with Crippen LogP contribution in [0.25, 0.3) is 0 Å². The van der Waals surface area contributed by atoms with E-state index in [0.717, 1.165) is 16.7 Å². The number of hydrogen-bond donors (Lipinski definition) is 0. The van der Waals surface area contributed by atoms with Crippen molar-refractivity contribution in [1.82, 2.24) is 20.0 Å². The van der Waals surface area contributed by atoms with Crippen molar-refractivity contribution < 1.29 is 9.59 Å². The van der Waals surface area contributed by atoms with E-state index in [9.17, 15) is 9.59 Å². The van der Waals surface area contributed by atoms with Gasteiger partial charge in [0.2, 0.25) is 0 Å². The third-order valence-electron chi connectivity index (χ3n) is 5.66. The maximum Gasteiger partial charge on any atom is 0.359 e. The Morgan fingerprint density at radius 1 is 0.733 bits per heavy atom. The number of hydrazine groups is 2. The molecule has 3 heterocycles. The second-order valence-electron chi connectivity index (χ2n) is 7.54. The van der Waals surface area contributed by atoms with Crippen molar-refractivity contribution in [2.45, 2.75) is 25.2 Å². The summed E-state index contributed by atoms with van der Waals surface area (Å²) in [6.45, 7) is 0.624. The van der Waals surface area contributed by atoms with Gasteiger partial charge in [0.25, 0.3) is 0 Å². The van der Waals surface area contributed by atoms with Crippen molar-refractivity contribution in [1.29, 1.82) is 0 Å². The quantitative estimate of drug-likeness (QED) is 0.538. The van der Waals surface area contributed by atoms with Crippen LogP contribution in [0, 0.1) is 0 Å². The first-order valence-electron chi connectivity index (χ1n) is 9.91. The highest BCUT2D eigenvalue weighted by molar-refractivity contribution is 6.19. The number of urea groups is 2. The van der Waals surface area contributed by atoms with Crippen LogP contribution in [0.3, 0.4) is 0 Å². The number of alkyl halides is 1. The first-order valence-corrected chi connectivity index (χ1v) is 10.4. The fourth-order valence-electron chi connectivity index (χ4n) is 4.20. The summed E-state index contributed by atoms with van der Waals surface area (Å²) in [4.78, 5) is 27.3. The summed E-state index contributed by atoms with van der Waals surface area (Å²) in [6, 6.07) is 18.3. The molecule has 1 saturated heterocycles. The zero-order valence-electron chi connectivity index (χ0n) is 16.3. The molecular formula is C23H21ClN4O2. The monoisotopic (exact) mass is 420 g/mol. The lowest BCUT2D eigenvalue weighted by atomic mass is 9.94. The van der Waals surface area contributed by atoms with Crippen LogP contribution in [-0.2, 0) is 13.1 Å². The minimum Gasteiger partial charge on any atom is -0.244 e. The number of amides is 4. The van der Waals surface area contributed by atoms with E-state index < -0.39 is 0 Å². The number of halogens is 1. The highest BCUT2D eigenvalue weighted by Gasteiger charge is 2.51. The van der Waals surface area contributed by atoms with Gasteiger partial charge in [0.05, 0.1) is 25.2 Å². The van der Waals surface area contributed by atoms with E-state index in [0.29, 0.717) is 19.0 Å². The van der Waals surface area contributed by atoms with Crippen LogP contribution in [0.1, 0.15) is 11.1 Å². The Hall–Kier alpha value is -3.25. The molecule has 0 aromatic heterocycles. The van der Waals surface area contributed by atoms with E-state index in [1.807, 2.05) is 78.9 Å². The molecule has 30 heavy (non-hydrogen) atoms. The van der Waals surface area contributed by atoms with Crippen LogP contribution < -0.4 is 0 Å². The third kappa shape index (κ3) is 3.04. The molecule has 2 aromatic carbocycles. The van der Waals surface area contributed by atoms with Crippen LogP contribution in [0.15, 0.2) is 84.5 Å². The zero-order valence-corrected chi connectivity index (χ0v) is 17.0. The molecule has 2 unspecified atom stereocenters. The van der Waals surface area contributed by atoms with Crippen LogP contribution in [0.2, 0.25) is 0 Å². The molecule has 7 heteroatoms. The summed E-state index contributed by atoms with van der Waals surface area (Å²) in [7, 11) is 0. The van der Waals surface area contributed by atoms with Gasteiger partial charge in [0.15, 0.2) is 0 Å². The van der Waals surface area contributed by atoms with Crippen LogP contribution >= 0.6 is 11.6 Å². The molecule has 0 saturated carbocycles. The van der Waals surface area contributed by atoms with E-state index in [1.165, 1.54) is 0 Å². The van der Waals surface area contributed by atoms with Gasteiger partial charge in [-0.15, -0.1) is 11.6 Å². The van der Waals surface area contributed by atoms with Gasteiger partial charge >= 0.3 is 12.1 Å². The summed E-state index contributed by atoms with van der Waals surface area (Å²) < 4.78 is 0. The van der Waals surface area contributed by atoms with Gasteiger partial charge in [-0.2, -0.15) is 0 Å². The van der Waals surface area contributed by atoms with E-state index in [-0.39, 0.29) is 24.1 Å². The molecule has 0 N–H and O–H groups in total. The Bertz CT molecular complexity index is 1020. The van der Waals surface area contributed by atoms with Crippen molar-refractivity contribution in [2.24, 2.45) is 0 Å². The fraction of sp³-hybridized carbons (Fsp3) is 0.217. The molecule has 6 nitrogen and oxygen atoms in total. The van der Waals surface area contributed by atoms with Gasteiger partial charge < -0.3 is 0 Å². The smallest absolute Gasteiger partial charge is 0.244 e. The van der Waals surface area contributed by atoms with Gasteiger partial charge in [0.1, 0.15) is 0 Å². The molecule has 4 amide bonds. The molecule has 6 rings (SSSR count). The molecule has 4 aliphatic rings. The molecule has 152 valence electrons. The van der Waals surface area contributed by atoms with Crippen LogP contribution in [0.5, 0.6) is 0 Å². The van der Waals surface area contributed by atoms with Gasteiger partial charge in [-0.05, 0) is 16.7 Å². The molecule has 2 bridgehead atoms. The van der Waals surface area contributed by atoms with E-state index in [2.05, 4.69) is 0 Å². The molecule has 1 fully saturated rings. The molecule has 2 atom stereocenters. The van der Waals surface area contributed by atoms with Crippen molar-refractivity contribution >= 4 is 23.7 Å². The molecule has 0 spiro atoms. The van der Waals surface area contributed by atoms with Crippen LogP contribution in [-0.4, -0.2) is 50.1 Å². The minimum absolute atomic E-state index is 0.224. The lowest BCUT2D eigenvalue weighted by molar-refractivity contribution is -0.103. The summed E-state index contributed by atoms with van der Waals surface area (Å²) in [5.74, 6) is 0.323. The summed E-state index contributed by atoms with van der Waals surface area (Å²) in [6.07, 6.45) is 5.89. The molecule has 3 aliphatic heterocycles. The van der Waals surface area contributed by atoms with E-state index in [4.69, 9.17) is 11.6 Å². The zero-order chi connectivity index (χ0) is 20.7. The van der Waals surface area contributed by atoms with E-state index in [1.54, 1.807) is 20.0 Å². The van der Waals surface area contributed by atoms with Gasteiger partial charge in [-0.25, -0.2) is 29.6 Å². The normalized spacial score (nSPS) is 22.5. The largest absolute Gasteiger partial charge is 0.359 e. The third-order valence-corrected chi connectivity index (χ3v) is 5.97. The van der Waals surface area contributed by atoms with E-state index >= 15 is 0 Å². The number of hydrogen-bond acceptors (Lipinski definition) is 2. The highest BCUT2D eigenvalue weighted by atomic mass is 35.5. The highest BCUT2D eigenvalue weighted by Crippen LogP contribution is 2.36. The molecule has 2 aromatic rings. The van der Waals surface area contributed by atoms with Crippen LogP contribution in [0.4, 0.5) is 9.59 Å². The minimum atomic E-state index is -0.332. The van der Waals surface area contributed by atoms with Gasteiger partial charge in [-0.1, -0.05) is 78.9 Å². The Morgan fingerprint density at radius 2 is 1.27 bits per heavy atom. The topological polar surface area (TPSA) is 47.1 Å². The number of nitrogens with zero attached hydrogens (tertiary/aromatic N) is 4. The number of carbonyl (C=O) groups is 2. The first-order chi connectivity index (χ1) is 14.7. The maximum absolute atomic E-state index is 13.7. The Morgan fingerprint density at radius 3 is 1.80 bits per heavy atom. The van der Waals surface area contributed by atoms with Crippen molar-refractivity contribution in [2.75, 3.05) is 5.88 Å². The average molecular weight is 421 g/mol. The second kappa shape index (κ2) is 7.54. The summed E-state index contributed by atoms with van der Waals surface area (Å²) >= 11 is 6.12. The molecule has 0 radical (unpaired) electrons. The maximum atomic E-state index is 13.7. The first kappa shape index (κ1) is 18.8. The standard InChI is InChI=1S/C23H21ClN4O2/c24-14-19-13-20-11-12-21(19)28-23(30)26(16-18-9-5-2-6-10-18)25(22(29)27(20)28)15-17-7-3-1-4-8-17/h1-13,20-21H,14-16H2. The lowest BCUT2D eigenvalue weighted by Gasteiger charge is -2.56. The Labute approximate surface area is 180 Å². The molecule has 1 aliphatic carbocycles. The molecular weight excluding hydrogens is 400 g/mol. The van der Waals surface area contributed by atoms with Crippen molar-refractivity contribution in [3.05, 3.63) is 95.6 Å².